The molecule has 4 heteroatoms. The van der Waals surface area contributed by atoms with E-state index in [4.69, 9.17) is 0 Å². The third-order valence-corrected chi connectivity index (χ3v) is 8.27. The van der Waals surface area contributed by atoms with Crippen molar-refractivity contribution < 1.29 is 9.90 Å². The molecule has 1 aromatic rings. The van der Waals surface area contributed by atoms with E-state index in [1.54, 1.807) is 0 Å². The van der Waals surface area contributed by atoms with Crippen LogP contribution in [-0.2, 0) is 11.2 Å². The Balaban J connectivity index is 1.36. The van der Waals surface area contributed by atoms with Gasteiger partial charge in [-0.15, -0.1) is 11.3 Å². The van der Waals surface area contributed by atoms with Gasteiger partial charge in [0.1, 0.15) is 0 Å². The Kier molecular flexibility index (Phi) is 3.25. The van der Waals surface area contributed by atoms with Gasteiger partial charge in [0, 0.05) is 17.8 Å². The van der Waals surface area contributed by atoms with Crippen molar-refractivity contribution in [1.29, 1.82) is 0 Å². The summed E-state index contributed by atoms with van der Waals surface area (Å²) < 4.78 is 0. The van der Waals surface area contributed by atoms with E-state index >= 15 is 0 Å². The van der Waals surface area contributed by atoms with Gasteiger partial charge in [-0.1, -0.05) is 0 Å². The van der Waals surface area contributed by atoms with Crippen molar-refractivity contribution in [2.75, 3.05) is 6.54 Å². The maximum atomic E-state index is 13.2. The van der Waals surface area contributed by atoms with Crippen molar-refractivity contribution in [2.24, 2.45) is 17.3 Å². The lowest BCUT2D eigenvalue weighted by Crippen LogP contribution is -2.56. The molecule has 3 atom stereocenters. The number of amides is 1. The van der Waals surface area contributed by atoms with Crippen molar-refractivity contribution in [3.63, 3.8) is 0 Å². The van der Waals surface area contributed by atoms with E-state index in [-0.39, 0.29) is 11.5 Å². The minimum Gasteiger partial charge on any atom is -0.390 e. The summed E-state index contributed by atoms with van der Waals surface area (Å²) in [6.45, 7) is 3.04. The van der Waals surface area contributed by atoms with Gasteiger partial charge in [-0.25, -0.2) is 0 Å². The number of rotatable bonds is 2. The zero-order valence-corrected chi connectivity index (χ0v) is 15.3. The molecule has 1 aromatic heterocycles. The summed E-state index contributed by atoms with van der Waals surface area (Å²) in [5.41, 5.74) is 0.979. The first-order valence-electron chi connectivity index (χ1n) is 9.54. The fourth-order valence-corrected chi connectivity index (χ4v) is 7.84. The van der Waals surface area contributed by atoms with Crippen LogP contribution >= 0.6 is 11.3 Å². The quantitative estimate of drug-likeness (QED) is 0.883. The summed E-state index contributed by atoms with van der Waals surface area (Å²) in [7, 11) is 0. The number of fused-ring (bicyclic) bond motifs is 1. The van der Waals surface area contributed by atoms with Crippen LogP contribution in [0.2, 0.25) is 0 Å². The lowest BCUT2D eigenvalue weighted by molar-refractivity contribution is -0.172. The van der Waals surface area contributed by atoms with Gasteiger partial charge in [0.15, 0.2) is 0 Å². The zero-order chi connectivity index (χ0) is 16.5. The van der Waals surface area contributed by atoms with Crippen molar-refractivity contribution in [3.8, 4) is 0 Å². The van der Waals surface area contributed by atoms with Gasteiger partial charge in [-0.05, 0) is 86.1 Å². The standard InChI is InChI=1S/C20H27NO2S/c1-13-16-3-5-24-17(16)2-4-21(13)18(22)11-19-7-14-6-15(8-19)10-20(23,9-14)12-19/h3,5,13-15,23H,2,4,6-12H2,1H3/t13-,14+,15+,19?,20?/m0/s1. The number of carbonyl (C=O) groups excluding carboxylic acids is 1. The minimum absolute atomic E-state index is 0.0879. The molecule has 2 heterocycles. The first-order chi connectivity index (χ1) is 11.5. The lowest BCUT2D eigenvalue weighted by atomic mass is 9.47. The van der Waals surface area contributed by atoms with E-state index in [2.05, 4.69) is 23.3 Å². The number of hydrogen-bond donors (Lipinski definition) is 1. The van der Waals surface area contributed by atoms with Crippen LogP contribution in [-0.4, -0.2) is 28.1 Å². The summed E-state index contributed by atoms with van der Waals surface area (Å²) in [4.78, 5) is 16.7. The number of carbonyl (C=O) groups is 1. The topological polar surface area (TPSA) is 40.5 Å². The molecule has 130 valence electrons. The first kappa shape index (κ1) is 15.4. The van der Waals surface area contributed by atoms with Crippen molar-refractivity contribution in [3.05, 3.63) is 21.9 Å². The Morgan fingerprint density at radius 2 is 2.08 bits per heavy atom. The molecule has 6 rings (SSSR count). The van der Waals surface area contributed by atoms with Crippen LogP contribution in [0.4, 0.5) is 0 Å². The Bertz CT molecular complexity index is 667. The molecule has 1 N–H and O–H groups in total. The maximum Gasteiger partial charge on any atom is 0.223 e. The summed E-state index contributed by atoms with van der Waals surface area (Å²) in [5.74, 6) is 1.64. The maximum absolute atomic E-state index is 13.2. The van der Waals surface area contributed by atoms with Crippen LogP contribution < -0.4 is 0 Å². The normalized spacial score (nSPS) is 43.1. The predicted octanol–water partition coefficient (Wildman–Crippen LogP) is 3.92. The molecule has 24 heavy (non-hydrogen) atoms. The second kappa shape index (κ2) is 5.07. The monoisotopic (exact) mass is 345 g/mol. The highest BCUT2D eigenvalue weighted by molar-refractivity contribution is 7.10. The Labute approximate surface area is 148 Å². The van der Waals surface area contributed by atoms with Crippen molar-refractivity contribution in [2.45, 2.75) is 69.9 Å². The predicted molar refractivity (Wildman–Crippen MR) is 94.8 cm³/mol. The average Bonchev–Trinajstić information content (AvgIpc) is 2.93. The number of aliphatic hydroxyl groups is 1. The van der Waals surface area contributed by atoms with E-state index in [0.29, 0.717) is 24.2 Å². The Hall–Kier alpha value is -0.870. The van der Waals surface area contributed by atoms with Gasteiger partial charge in [0.05, 0.1) is 11.6 Å². The van der Waals surface area contributed by atoms with Gasteiger partial charge in [-0.3, -0.25) is 4.79 Å². The molecule has 1 amide bonds. The van der Waals surface area contributed by atoms with Gasteiger partial charge < -0.3 is 10.0 Å². The molecule has 4 fully saturated rings. The van der Waals surface area contributed by atoms with Crippen LogP contribution in [0, 0.1) is 17.3 Å². The largest absolute Gasteiger partial charge is 0.390 e. The first-order valence-corrected chi connectivity index (χ1v) is 10.4. The van der Waals surface area contributed by atoms with Crippen molar-refractivity contribution in [1.82, 2.24) is 4.90 Å². The molecular weight excluding hydrogens is 318 g/mol. The van der Waals surface area contributed by atoms with Crippen LogP contribution in [0.25, 0.3) is 0 Å². The number of nitrogens with zero attached hydrogens (tertiary/aromatic N) is 1. The number of hydrogen-bond acceptors (Lipinski definition) is 3. The Morgan fingerprint density at radius 3 is 2.79 bits per heavy atom. The van der Waals surface area contributed by atoms with Crippen LogP contribution in [0.3, 0.4) is 0 Å². The van der Waals surface area contributed by atoms with E-state index in [0.717, 1.165) is 32.2 Å². The molecular formula is C20H27NO2S. The van der Waals surface area contributed by atoms with Gasteiger partial charge in [-0.2, -0.15) is 0 Å². The second-order valence-electron chi connectivity index (χ2n) is 9.17. The third kappa shape index (κ3) is 2.29. The fraction of sp³-hybridized carbons (Fsp3) is 0.750. The lowest BCUT2D eigenvalue weighted by Gasteiger charge is -2.60. The summed E-state index contributed by atoms with van der Waals surface area (Å²) in [6.07, 6.45) is 8.13. The van der Waals surface area contributed by atoms with Crippen molar-refractivity contribution >= 4 is 17.2 Å². The van der Waals surface area contributed by atoms with Gasteiger partial charge in [0.2, 0.25) is 5.91 Å². The molecule has 0 radical (unpaired) electrons. The van der Waals surface area contributed by atoms with Gasteiger partial charge in [0.25, 0.3) is 0 Å². The van der Waals surface area contributed by atoms with Crippen LogP contribution in [0.5, 0.6) is 0 Å². The van der Waals surface area contributed by atoms with E-state index in [1.807, 2.05) is 11.3 Å². The second-order valence-corrected chi connectivity index (χ2v) is 10.2. The Morgan fingerprint density at radius 1 is 1.33 bits per heavy atom. The third-order valence-electron chi connectivity index (χ3n) is 7.28. The molecule has 1 aliphatic heterocycles. The van der Waals surface area contributed by atoms with Crippen LogP contribution in [0.1, 0.15) is 68.4 Å². The molecule has 4 aliphatic carbocycles. The van der Waals surface area contributed by atoms with Crippen LogP contribution in [0.15, 0.2) is 11.4 Å². The summed E-state index contributed by atoms with van der Waals surface area (Å²) in [6, 6.07) is 2.40. The molecule has 4 bridgehead atoms. The molecule has 0 spiro atoms. The van der Waals surface area contributed by atoms with E-state index in [9.17, 15) is 9.90 Å². The highest BCUT2D eigenvalue weighted by Gasteiger charge is 2.57. The number of thiophene rings is 1. The SMILES string of the molecule is C[C@H]1c2ccsc2CCN1C(=O)CC12C[C@H]3C[C@@H](CC(O)(C3)C1)C2. The van der Waals surface area contributed by atoms with E-state index < -0.39 is 5.60 Å². The van der Waals surface area contributed by atoms with E-state index in [1.165, 1.54) is 29.7 Å². The van der Waals surface area contributed by atoms with Gasteiger partial charge >= 0.3 is 0 Å². The minimum atomic E-state index is -0.460. The highest BCUT2D eigenvalue weighted by atomic mass is 32.1. The highest BCUT2D eigenvalue weighted by Crippen LogP contribution is 2.63. The summed E-state index contributed by atoms with van der Waals surface area (Å²) >= 11 is 1.83. The summed E-state index contributed by atoms with van der Waals surface area (Å²) in [5, 5.41) is 13.1. The average molecular weight is 346 g/mol. The molecule has 3 nitrogen and oxygen atoms in total. The smallest absolute Gasteiger partial charge is 0.223 e. The molecule has 0 unspecified atom stereocenters. The molecule has 4 saturated carbocycles. The fourth-order valence-electron chi connectivity index (χ4n) is 6.88. The molecule has 0 saturated heterocycles. The zero-order valence-electron chi connectivity index (χ0n) is 14.5. The molecule has 0 aromatic carbocycles. The molecule has 5 aliphatic rings.